The Labute approximate surface area is 233 Å². The molecule has 3 amide bonds. The van der Waals surface area contributed by atoms with Gasteiger partial charge in [0.1, 0.15) is 11.6 Å². The highest BCUT2D eigenvalue weighted by Crippen LogP contribution is 2.60. The summed E-state index contributed by atoms with van der Waals surface area (Å²) in [7, 11) is 0. The molecule has 6 atom stereocenters. The number of carbonyl (C=O) groups is 3. The Bertz CT molecular complexity index is 1430. The summed E-state index contributed by atoms with van der Waals surface area (Å²) in [4.78, 5) is 43.8. The fourth-order valence-corrected chi connectivity index (χ4v) is 7.01. The van der Waals surface area contributed by atoms with Crippen LogP contribution in [0.4, 0.5) is 11.4 Å². The zero-order chi connectivity index (χ0) is 28.0. The number of hydrogen-bond acceptors (Lipinski definition) is 5. The van der Waals surface area contributed by atoms with E-state index in [0.29, 0.717) is 29.8 Å². The second kappa shape index (κ2) is 10.2. The van der Waals surface area contributed by atoms with E-state index in [1.165, 1.54) is 4.90 Å². The molecule has 2 bridgehead atoms. The van der Waals surface area contributed by atoms with E-state index in [-0.39, 0.29) is 24.3 Å². The van der Waals surface area contributed by atoms with Crippen LogP contribution in [0.15, 0.2) is 78.9 Å². The first-order valence-corrected chi connectivity index (χ1v) is 13.7. The summed E-state index contributed by atoms with van der Waals surface area (Å²) < 4.78 is 6.55. The van der Waals surface area contributed by atoms with Gasteiger partial charge in [0.2, 0.25) is 17.7 Å². The van der Waals surface area contributed by atoms with Crippen molar-refractivity contribution in [2.75, 3.05) is 17.2 Å². The molecule has 3 aliphatic heterocycles. The van der Waals surface area contributed by atoms with Crippen LogP contribution in [0.3, 0.4) is 0 Å². The SMILES string of the molecule is Cc1cccc(C)c1NC(=O)C1N([C@H](CO)c2ccccc2)C(=O)[C@@H]2[C@@H](C(=O)Nc3ccccc3)[C@H]3CCC12O3. The van der Waals surface area contributed by atoms with Crippen LogP contribution in [-0.2, 0) is 19.1 Å². The molecule has 2 unspecified atom stereocenters. The molecule has 3 aromatic rings. The number of hydrogen-bond donors (Lipinski definition) is 3. The largest absolute Gasteiger partial charge is 0.394 e. The van der Waals surface area contributed by atoms with Gasteiger partial charge in [-0.05, 0) is 55.5 Å². The summed E-state index contributed by atoms with van der Waals surface area (Å²) >= 11 is 0. The molecule has 3 saturated heterocycles. The standard InChI is InChI=1S/C32H33N3O5/c1-19-10-9-11-20(2)27(19)34-30(38)28-32-17-16-24(40-32)25(29(37)33-22-14-7-4-8-15-22)26(32)31(39)35(28)23(18-36)21-12-5-3-6-13-21/h3-15,23-26,28,36H,16-18H2,1-2H3,(H,33,37)(H,34,38)/t23-,24-,25+,26+,28?,32?/m1/s1. The van der Waals surface area contributed by atoms with Gasteiger partial charge >= 0.3 is 0 Å². The van der Waals surface area contributed by atoms with Gasteiger partial charge in [-0.2, -0.15) is 0 Å². The fourth-order valence-electron chi connectivity index (χ4n) is 7.01. The van der Waals surface area contributed by atoms with E-state index >= 15 is 0 Å². The van der Waals surface area contributed by atoms with Gasteiger partial charge in [-0.3, -0.25) is 14.4 Å². The molecule has 0 aliphatic carbocycles. The number of aryl methyl sites for hydroxylation is 2. The summed E-state index contributed by atoms with van der Waals surface area (Å²) in [5.41, 5.74) is 2.65. The van der Waals surface area contributed by atoms with Crippen LogP contribution >= 0.6 is 0 Å². The summed E-state index contributed by atoms with van der Waals surface area (Å²) in [6, 6.07) is 22.3. The lowest BCUT2D eigenvalue weighted by atomic mass is 9.70. The minimum atomic E-state index is -1.18. The van der Waals surface area contributed by atoms with E-state index in [9.17, 15) is 19.5 Å². The Morgan fingerprint density at radius 3 is 2.25 bits per heavy atom. The van der Waals surface area contributed by atoms with Gasteiger partial charge < -0.3 is 25.4 Å². The lowest BCUT2D eigenvalue weighted by molar-refractivity contribution is -0.143. The number of nitrogens with zero attached hydrogens (tertiary/aromatic N) is 1. The van der Waals surface area contributed by atoms with Crippen LogP contribution in [0.1, 0.15) is 35.6 Å². The third-order valence-corrected chi connectivity index (χ3v) is 8.75. The molecule has 3 fully saturated rings. The molecule has 1 spiro atoms. The molecule has 3 aromatic carbocycles. The minimum absolute atomic E-state index is 0.299. The minimum Gasteiger partial charge on any atom is -0.394 e. The first-order chi connectivity index (χ1) is 19.4. The van der Waals surface area contributed by atoms with Crippen molar-refractivity contribution >= 4 is 29.1 Å². The Morgan fingerprint density at radius 1 is 0.950 bits per heavy atom. The van der Waals surface area contributed by atoms with E-state index in [1.807, 2.05) is 80.6 Å². The van der Waals surface area contributed by atoms with Crippen LogP contribution in [0.2, 0.25) is 0 Å². The highest BCUT2D eigenvalue weighted by atomic mass is 16.5. The topological polar surface area (TPSA) is 108 Å². The molecule has 8 heteroatoms. The lowest BCUT2D eigenvalue weighted by Crippen LogP contribution is -2.54. The van der Waals surface area contributed by atoms with Crippen molar-refractivity contribution in [1.29, 1.82) is 0 Å². The molecule has 0 aromatic heterocycles. The highest BCUT2D eigenvalue weighted by molar-refractivity contribution is 6.05. The maximum absolute atomic E-state index is 14.4. The number of aliphatic hydroxyl groups excluding tert-OH is 1. The number of amides is 3. The smallest absolute Gasteiger partial charge is 0.250 e. The van der Waals surface area contributed by atoms with E-state index < -0.39 is 35.6 Å². The van der Waals surface area contributed by atoms with Crippen LogP contribution in [-0.4, -0.2) is 52.1 Å². The number of aliphatic hydroxyl groups is 1. The maximum Gasteiger partial charge on any atom is 0.250 e. The van der Waals surface area contributed by atoms with E-state index in [0.717, 1.165) is 11.1 Å². The van der Waals surface area contributed by atoms with Gasteiger partial charge in [0.05, 0.1) is 30.6 Å². The third-order valence-electron chi connectivity index (χ3n) is 8.75. The van der Waals surface area contributed by atoms with Crippen molar-refractivity contribution in [3.05, 3.63) is 95.6 Å². The molecule has 0 radical (unpaired) electrons. The summed E-state index contributed by atoms with van der Waals surface area (Å²) in [6.45, 7) is 3.46. The molecule has 40 heavy (non-hydrogen) atoms. The van der Waals surface area contributed by atoms with Gasteiger partial charge in [-0.1, -0.05) is 66.7 Å². The van der Waals surface area contributed by atoms with Crippen LogP contribution < -0.4 is 10.6 Å². The first kappa shape index (κ1) is 26.2. The van der Waals surface area contributed by atoms with Gasteiger partial charge in [0.15, 0.2) is 0 Å². The number of ether oxygens (including phenoxy) is 1. The Hall–Kier alpha value is -4.01. The molecule has 3 aliphatic rings. The number of nitrogens with one attached hydrogen (secondary N) is 2. The van der Waals surface area contributed by atoms with Crippen molar-refractivity contribution in [1.82, 2.24) is 4.90 Å². The van der Waals surface area contributed by atoms with Crippen molar-refractivity contribution in [3.8, 4) is 0 Å². The molecular weight excluding hydrogens is 506 g/mol. The van der Waals surface area contributed by atoms with E-state index in [2.05, 4.69) is 10.6 Å². The van der Waals surface area contributed by atoms with Crippen molar-refractivity contribution in [3.63, 3.8) is 0 Å². The number of likely N-dealkylation sites (tertiary alicyclic amines) is 1. The zero-order valence-electron chi connectivity index (χ0n) is 22.5. The Kier molecular flexibility index (Phi) is 6.68. The Balaban J connectivity index is 1.42. The molecule has 206 valence electrons. The average molecular weight is 540 g/mol. The number of fused-ring (bicyclic) bond motifs is 1. The van der Waals surface area contributed by atoms with Gasteiger partial charge in [0.25, 0.3) is 0 Å². The predicted octanol–water partition coefficient (Wildman–Crippen LogP) is 3.99. The molecule has 6 rings (SSSR count). The quantitative estimate of drug-likeness (QED) is 0.421. The van der Waals surface area contributed by atoms with Gasteiger partial charge in [-0.15, -0.1) is 0 Å². The summed E-state index contributed by atoms with van der Waals surface area (Å²) in [5.74, 6) is -2.63. The number of anilines is 2. The van der Waals surface area contributed by atoms with Crippen molar-refractivity contribution in [2.45, 2.75) is 50.5 Å². The lowest BCUT2D eigenvalue weighted by Gasteiger charge is -2.37. The van der Waals surface area contributed by atoms with Gasteiger partial charge in [0, 0.05) is 11.4 Å². The van der Waals surface area contributed by atoms with E-state index in [4.69, 9.17) is 4.74 Å². The zero-order valence-corrected chi connectivity index (χ0v) is 22.5. The first-order valence-electron chi connectivity index (χ1n) is 13.7. The van der Waals surface area contributed by atoms with Crippen molar-refractivity contribution < 1.29 is 24.2 Å². The molecular formula is C32H33N3O5. The molecule has 3 heterocycles. The fraction of sp³-hybridized carbons (Fsp3) is 0.344. The Morgan fingerprint density at radius 2 is 1.60 bits per heavy atom. The van der Waals surface area contributed by atoms with Crippen LogP contribution in [0.25, 0.3) is 0 Å². The van der Waals surface area contributed by atoms with E-state index in [1.54, 1.807) is 12.1 Å². The summed E-state index contributed by atoms with van der Waals surface area (Å²) in [6.07, 6.45) is 0.559. The molecule has 3 N–H and O–H groups in total. The van der Waals surface area contributed by atoms with Crippen molar-refractivity contribution in [2.24, 2.45) is 11.8 Å². The second-order valence-electron chi connectivity index (χ2n) is 11.0. The average Bonchev–Trinajstić information content (AvgIpc) is 3.60. The maximum atomic E-state index is 14.4. The number of rotatable bonds is 7. The molecule has 8 nitrogen and oxygen atoms in total. The van der Waals surface area contributed by atoms with Crippen LogP contribution in [0.5, 0.6) is 0 Å². The third kappa shape index (κ3) is 4.10. The number of carbonyl (C=O) groups excluding carboxylic acids is 3. The number of benzene rings is 3. The predicted molar refractivity (Wildman–Crippen MR) is 150 cm³/mol. The highest BCUT2D eigenvalue weighted by Gasteiger charge is 2.75. The van der Waals surface area contributed by atoms with Gasteiger partial charge in [-0.25, -0.2) is 0 Å². The van der Waals surface area contributed by atoms with Crippen LogP contribution in [0, 0.1) is 25.7 Å². The number of para-hydroxylation sites is 2. The second-order valence-corrected chi connectivity index (χ2v) is 11.0. The normalized spacial score (nSPS) is 27.4. The monoisotopic (exact) mass is 539 g/mol. The molecule has 0 saturated carbocycles. The summed E-state index contributed by atoms with van der Waals surface area (Å²) in [5, 5.41) is 16.6.